The smallest absolute Gasteiger partial charge is 0.0200 e. The highest BCUT2D eigenvalue weighted by Crippen LogP contribution is 2.14. The zero-order valence-electron chi connectivity index (χ0n) is 8.93. The quantitative estimate of drug-likeness (QED) is 0.430. The van der Waals surface area contributed by atoms with E-state index >= 15 is 0 Å². The van der Waals surface area contributed by atoms with Crippen molar-refractivity contribution in [3.05, 3.63) is 24.3 Å². The number of rotatable bonds is 4. The van der Waals surface area contributed by atoms with Gasteiger partial charge in [0.05, 0.1) is 0 Å². The van der Waals surface area contributed by atoms with Gasteiger partial charge in [0.1, 0.15) is 0 Å². The highest BCUT2D eigenvalue weighted by molar-refractivity contribution is 5.05. The summed E-state index contributed by atoms with van der Waals surface area (Å²) in [6.07, 6.45) is 12.6. The van der Waals surface area contributed by atoms with Crippen LogP contribution in [0.25, 0.3) is 0 Å². The molecule has 70 valence electrons. The molecule has 0 saturated heterocycles. The highest BCUT2D eigenvalue weighted by Gasteiger charge is 2.01. The van der Waals surface area contributed by atoms with Crippen molar-refractivity contribution < 1.29 is 0 Å². The molecular weight excluding hydrogens is 144 g/mol. The zero-order chi connectivity index (χ0) is 9.45. The maximum atomic E-state index is 2.24. The van der Waals surface area contributed by atoms with Crippen LogP contribution in [0.4, 0.5) is 0 Å². The summed E-state index contributed by atoms with van der Waals surface area (Å²) in [7, 11) is 0. The molecule has 0 amide bonds. The molecule has 0 saturated carbocycles. The van der Waals surface area contributed by atoms with Gasteiger partial charge in [-0.2, -0.15) is 0 Å². The summed E-state index contributed by atoms with van der Waals surface area (Å²) < 4.78 is 0. The maximum Gasteiger partial charge on any atom is -0.0200 e. The Morgan fingerprint density at radius 1 is 1.08 bits per heavy atom. The third-order valence-corrected chi connectivity index (χ3v) is 1.57. The van der Waals surface area contributed by atoms with E-state index in [1.54, 1.807) is 0 Å². The Balaban J connectivity index is 3.53. The molecule has 0 aliphatic rings. The first-order valence-corrected chi connectivity index (χ1v) is 4.90. The first kappa shape index (κ1) is 11.5. The van der Waals surface area contributed by atoms with Gasteiger partial charge in [-0.1, -0.05) is 64.8 Å². The molecule has 0 aliphatic heterocycles. The van der Waals surface area contributed by atoms with Crippen LogP contribution in [-0.2, 0) is 0 Å². The van der Waals surface area contributed by atoms with Gasteiger partial charge in [-0.15, -0.1) is 0 Å². The van der Waals surface area contributed by atoms with Gasteiger partial charge in [0, 0.05) is 0 Å². The average molecular weight is 166 g/mol. The van der Waals surface area contributed by atoms with Gasteiger partial charge in [0.25, 0.3) is 0 Å². The van der Waals surface area contributed by atoms with E-state index < -0.39 is 0 Å². The Morgan fingerprint density at radius 2 is 1.75 bits per heavy atom. The molecule has 0 aromatic rings. The maximum absolute atomic E-state index is 2.24. The zero-order valence-corrected chi connectivity index (χ0v) is 8.93. The molecule has 0 bridgehead atoms. The van der Waals surface area contributed by atoms with E-state index in [0.29, 0.717) is 5.41 Å². The van der Waals surface area contributed by atoms with Crippen LogP contribution in [0.1, 0.15) is 47.0 Å². The Labute approximate surface area is 77.4 Å². The van der Waals surface area contributed by atoms with Crippen molar-refractivity contribution in [2.45, 2.75) is 47.0 Å². The minimum absolute atomic E-state index is 0.315. The minimum atomic E-state index is 0.315. The third-order valence-electron chi connectivity index (χ3n) is 1.57. The fourth-order valence-corrected chi connectivity index (χ4v) is 0.841. The minimum Gasteiger partial charge on any atom is -0.0845 e. The van der Waals surface area contributed by atoms with Gasteiger partial charge in [-0.05, 0) is 11.8 Å². The molecule has 0 heteroatoms. The summed E-state index contributed by atoms with van der Waals surface area (Å²) in [4.78, 5) is 0. The van der Waals surface area contributed by atoms with Crippen molar-refractivity contribution in [2.24, 2.45) is 5.41 Å². The van der Waals surface area contributed by atoms with Crippen LogP contribution in [0.15, 0.2) is 24.3 Å². The van der Waals surface area contributed by atoms with Gasteiger partial charge in [-0.25, -0.2) is 0 Å². The predicted molar refractivity (Wildman–Crippen MR) is 57.3 cm³/mol. The molecule has 0 aliphatic carbocycles. The predicted octanol–water partition coefficient (Wildman–Crippen LogP) is 4.34. The van der Waals surface area contributed by atoms with Gasteiger partial charge in [0.15, 0.2) is 0 Å². The Hall–Kier alpha value is -0.520. The third kappa shape index (κ3) is 9.48. The topological polar surface area (TPSA) is 0 Å². The van der Waals surface area contributed by atoms with E-state index in [-0.39, 0.29) is 0 Å². The van der Waals surface area contributed by atoms with Crippen molar-refractivity contribution in [3.63, 3.8) is 0 Å². The van der Waals surface area contributed by atoms with Crippen molar-refractivity contribution in [3.8, 4) is 0 Å². The second-order valence-electron chi connectivity index (χ2n) is 4.30. The molecule has 0 unspecified atom stereocenters. The Kier molecular flexibility index (Phi) is 5.79. The van der Waals surface area contributed by atoms with Gasteiger partial charge < -0.3 is 0 Å². The Morgan fingerprint density at radius 3 is 2.25 bits per heavy atom. The lowest BCUT2D eigenvalue weighted by Crippen LogP contribution is -1.97. The van der Waals surface area contributed by atoms with Crippen LogP contribution in [0.3, 0.4) is 0 Å². The van der Waals surface area contributed by atoms with E-state index in [0.717, 1.165) is 0 Å². The van der Waals surface area contributed by atoms with E-state index in [4.69, 9.17) is 0 Å². The normalized spacial score (nSPS) is 13.3. The lowest BCUT2D eigenvalue weighted by Gasteiger charge is -2.09. The van der Waals surface area contributed by atoms with Crippen LogP contribution in [0.5, 0.6) is 0 Å². The molecule has 0 radical (unpaired) electrons. The first-order chi connectivity index (χ1) is 5.56. The highest BCUT2D eigenvalue weighted by atomic mass is 14.1. The van der Waals surface area contributed by atoms with Crippen LogP contribution in [-0.4, -0.2) is 0 Å². The summed E-state index contributed by atoms with van der Waals surface area (Å²) >= 11 is 0. The summed E-state index contributed by atoms with van der Waals surface area (Å²) in [5, 5.41) is 0. The van der Waals surface area contributed by atoms with Crippen molar-refractivity contribution >= 4 is 0 Å². The van der Waals surface area contributed by atoms with E-state index in [9.17, 15) is 0 Å². The van der Waals surface area contributed by atoms with Crippen LogP contribution >= 0.6 is 0 Å². The fourth-order valence-electron chi connectivity index (χ4n) is 0.841. The molecule has 0 heterocycles. The van der Waals surface area contributed by atoms with Crippen LogP contribution in [0, 0.1) is 5.41 Å². The molecule has 12 heavy (non-hydrogen) atoms. The summed E-state index contributed by atoms with van der Waals surface area (Å²) in [6.45, 7) is 8.86. The molecule has 0 aromatic carbocycles. The molecule has 0 rings (SSSR count). The summed E-state index contributed by atoms with van der Waals surface area (Å²) in [5.41, 5.74) is 0.315. The number of hydrogen-bond donors (Lipinski definition) is 0. The first-order valence-electron chi connectivity index (χ1n) is 4.90. The molecule has 0 aromatic heterocycles. The molecule has 0 N–H and O–H groups in total. The fraction of sp³-hybridized carbons (Fsp3) is 0.667. The molecular formula is C12H22. The standard InChI is InChI=1S/C12H22/c1-5-6-7-8-9-10-11-12(2,3)4/h8-11H,5-7H2,1-4H3/b9-8+,11-10-. The summed E-state index contributed by atoms with van der Waals surface area (Å²) in [5.74, 6) is 0. The van der Waals surface area contributed by atoms with Gasteiger partial charge in [0.2, 0.25) is 0 Å². The molecule has 0 atom stereocenters. The van der Waals surface area contributed by atoms with Crippen molar-refractivity contribution in [1.29, 1.82) is 0 Å². The number of allylic oxidation sites excluding steroid dienone is 4. The lowest BCUT2D eigenvalue weighted by atomic mass is 9.96. The summed E-state index contributed by atoms with van der Waals surface area (Å²) in [6, 6.07) is 0. The monoisotopic (exact) mass is 166 g/mol. The van der Waals surface area contributed by atoms with Crippen molar-refractivity contribution in [1.82, 2.24) is 0 Å². The Bertz CT molecular complexity index is 144. The second kappa shape index (κ2) is 6.05. The van der Waals surface area contributed by atoms with E-state index in [1.165, 1.54) is 19.3 Å². The molecule has 0 spiro atoms. The van der Waals surface area contributed by atoms with E-state index in [1.807, 2.05) is 0 Å². The van der Waals surface area contributed by atoms with Crippen molar-refractivity contribution in [2.75, 3.05) is 0 Å². The number of unbranched alkanes of at least 4 members (excludes halogenated alkanes) is 2. The second-order valence-corrected chi connectivity index (χ2v) is 4.30. The van der Waals surface area contributed by atoms with Gasteiger partial charge >= 0.3 is 0 Å². The van der Waals surface area contributed by atoms with Crippen LogP contribution in [0.2, 0.25) is 0 Å². The number of hydrogen-bond acceptors (Lipinski definition) is 0. The molecule has 0 nitrogen and oxygen atoms in total. The molecule has 0 fully saturated rings. The van der Waals surface area contributed by atoms with E-state index in [2.05, 4.69) is 52.0 Å². The SMILES string of the molecule is CCCC/C=C/C=C\C(C)(C)C. The average Bonchev–Trinajstić information content (AvgIpc) is 1.94. The largest absolute Gasteiger partial charge is 0.0845 e. The van der Waals surface area contributed by atoms with Gasteiger partial charge in [-0.3, -0.25) is 0 Å². The van der Waals surface area contributed by atoms with Crippen LogP contribution < -0.4 is 0 Å². The lowest BCUT2D eigenvalue weighted by molar-refractivity contribution is 0.544.